The summed E-state index contributed by atoms with van der Waals surface area (Å²) in [5, 5.41) is 3.39. The van der Waals surface area contributed by atoms with Gasteiger partial charge in [-0.25, -0.2) is 0 Å². The molecule has 1 aliphatic heterocycles. The van der Waals surface area contributed by atoms with Crippen molar-refractivity contribution in [3.05, 3.63) is 30.1 Å². The van der Waals surface area contributed by atoms with Crippen LogP contribution in [-0.4, -0.2) is 36.1 Å². The molecule has 1 aromatic rings. The van der Waals surface area contributed by atoms with E-state index < -0.39 is 0 Å². The molecule has 1 aromatic heterocycles. The molecular formula is C12H19N3. The van der Waals surface area contributed by atoms with Crippen LogP contribution in [0.15, 0.2) is 24.5 Å². The first-order valence-electron chi connectivity index (χ1n) is 5.76. The summed E-state index contributed by atoms with van der Waals surface area (Å²) < 4.78 is 0. The monoisotopic (exact) mass is 205 g/mol. The molecule has 1 fully saturated rings. The lowest BCUT2D eigenvalue weighted by molar-refractivity contribution is 0.169. The predicted octanol–water partition coefficient (Wildman–Crippen LogP) is 1.44. The fourth-order valence-corrected chi connectivity index (χ4v) is 2.28. The first-order chi connectivity index (χ1) is 7.42. The van der Waals surface area contributed by atoms with Crippen molar-refractivity contribution >= 4 is 0 Å². The maximum absolute atomic E-state index is 4.08. The van der Waals surface area contributed by atoms with Crippen LogP contribution in [0.2, 0.25) is 0 Å². The van der Waals surface area contributed by atoms with E-state index in [2.05, 4.69) is 34.3 Å². The van der Waals surface area contributed by atoms with E-state index >= 15 is 0 Å². The van der Waals surface area contributed by atoms with Gasteiger partial charge in [0.15, 0.2) is 0 Å². The minimum Gasteiger partial charge on any atom is -0.314 e. The molecule has 0 aliphatic carbocycles. The largest absolute Gasteiger partial charge is 0.314 e. The molecule has 0 aromatic carbocycles. The van der Waals surface area contributed by atoms with Crippen molar-refractivity contribution in [2.24, 2.45) is 0 Å². The van der Waals surface area contributed by atoms with Gasteiger partial charge in [-0.2, -0.15) is 0 Å². The zero-order valence-electron chi connectivity index (χ0n) is 9.32. The van der Waals surface area contributed by atoms with Crippen molar-refractivity contribution in [2.45, 2.75) is 19.4 Å². The van der Waals surface area contributed by atoms with E-state index in [0.29, 0.717) is 6.04 Å². The number of pyridine rings is 1. The molecule has 3 nitrogen and oxygen atoms in total. The van der Waals surface area contributed by atoms with Crippen LogP contribution in [0, 0.1) is 0 Å². The summed E-state index contributed by atoms with van der Waals surface area (Å²) in [7, 11) is 0. The van der Waals surface area contributed by atoms with Gasteiger partial charge >= 0.3 is 0 Å². The third kappa shape index (κ3) is 2.55. The van der Waals surface area contributed by atoms with Crippen molar-refractivity contribution in [2.75, 3.05) is 26.2 Å². The highest BCUT2D eigenvalue weighted by molar-refractivity contribution is 5.15. The summed E-state index contributed by atoms with van der Waals surface area (Å²) >= 11 is 0. The van der Waals surface area contributed by atoms with Crippen molar-refractivity contribution < 1.29 is 0 Å². The fourth-order valence-electron chi connectivity index (χ4n) is 2.28. The third-order valence-electron chi connectivity index (χ3n) is 3.07. The molecule has 2 rings (SSSR count). The number of nitrogens with one attached hydrogen (secondary N) is 1. The maximum Gasteiger partial charge on any atom is 0.0347 e. The summed E-state index contributed by atoms with van der Waals surface area (Å²) in [6.07, 6.45) is 4.95. The summed E-state index contributed by atoms with van der Waals surface area (Å²) in [6.45, 7) is 6.79. The molecule has 1 unspecified atom stereocenters. The van der Waals surface area contributed by atoms with Gasteiger partial charge in [0.1, 0.15) is 0 Å². The van der Waals surface area contributed by atoms with E-state index in [4.69, 9.17) is 0 Å². The number of piperazine rings is 1. The van der Waals surface area contributed by atoms with E-state index in [1.54, 1.807) is 0 Å². The number of nitrogens with zero attached hydrogens (tertiary/aromatic N) is 2. The van der Waals surface area contributed by atoms with Crippen LogP contribution in [0.4, 0.5) is 0 Å². The summed E-state index contributed by atoms with van der Waals surface area (Å²) in [5.41, 5.74) is 1.40. The van der Waals surface area contributed by atoms with Crippen molar-refractivity contribution in [3.8, 4) is 0 Å². The smallest absolute Gasteiger partial charge is 0.0347 e. The van der Waals surface area contributed by atoms with Gasteiger partial charge in [-0.05, 0) is 24.1 Å². The SMILES string of the molecule is CCC(c1ccncc1)N1CCNCC1. The Labute approximate surface area is 91.5 Å². The average Bonchev–Trinajstić information content (AvgIpc) is 2.33. The average molecular weight is 205 g/mol. The van der Waals surface area contributed by atoms with E-state index in [1.165, 1.54) is 12.0 Å². The van der Waals surface area contributed by atoms with Crippen molar-refractivity contribution in [3.63, 3.8) is 0 Å². The van der Waals surface area contributed by atoms with Gasteiger partial charge < -0.3 is 5.32 Å². The van der Waals surface area contributed by atoms with Crippen LogP contribution < -0.4 is 5.32 Å². The van der Waals surface area contributed by atoms with Crippen LogP contribution in [0.25, 0.3) is 0 Å². The number of aromatic nitrogens is 1. The van der Waals surface area contributed by atoms with Crippen molar-refractivity contribution in [1.82, 2.24) is 15.2 Å². The molecule has 15 heavy (non-hydrogen) atoms. The van der Waals surface area contributed by atoms with Gasteiger partial charge in [-0.1, -0.05) is 6.92 Å². The lowest BCUT2D eigenvalue weighted by Gasteiger charge is -2.34. The molecular weight excluding hydrogens is 186 g/mol. The molecule has 2 heterocycles. The molecule has 0 saturated carbocycles. The Morgan fingerprint density at radius 1 is 1.33 bits per heavy atom. The summed E-state index contributed by atoms with van der Waals surface area (Å²) in [5.74, 6) is 0. The molecule has 1 atom stereocenters. The quantitative estimate of drug-likeness (QED) is 0.809. The standard InChI is InChI=1S/C12H19N3/c1-2-12(11-3-5-13-6-4-11)15-9-7-14-8-10-15/h3-6,12,14H,2,7-10H2,1H3. The van der Waals surface area contributed by atoms with E-state index in [0.717, 1.165) is 26.2 Å². The molecule has 0 spiro atoms. The second-order valence-electron chi connectivity index (χ2n) is 3.99. The fraction of sp³-hybridized carbons (Fsp3) is 0.583. The molecule has 0 bridgehead atoms. The molecule has 1 saturated heterocycles. The van der Waals surface area contributed by atoms with Gasteiger partial charge in [0.25, 0.3) is 0 Å². The van der Waals surface area contributed by atoms with Gasteiger partial charge in [0.2, 0.25) is 0 Å². The van der Waals surface area contributed by atoms with Gasteiger partial charge in [-0.15, -0.1) is 0 Å². The minimum absolute atomic E-state index is 0.565. The highest BCUT2D eigenvalue weighted by Gasteiger charge is 2.19. The molecule has 3 heteroatoms. The highest BCUT2D eigenvalue weighted by atomic mass is 15.2. The summed E-state index contributed by atoms with van der Waals surface area (Å²) in [4.78, 5) is 6.64. The van der Waals surface area contributed by atoms with Gasteiger partial charge in [-0.3, -0.25) is 9.88 Å². The first-order valence-corrected chi connectivity index (χ1v) is 5.76. The molecule has 1 aliphatic rings. The van der Waals surface area contributed by atoms with Crippen molar-refractivity contribution in [1.29, 1.82) is 0 Å². The molecule has 0 amide bonds. The van der Waals surface area contributed by atoms with Crippen LogP contribution >= 0.6 is 0 Å². The third-order valence-corrected chi connectivity index (χ3v) is 3.07. The first kappa shape index (κ1) is 10.6. The Balaban J connectivity index is 2.09. The summed E-state index contributed by atoms with van der Waals surface area (Å²) in [6, 6.07) is 4.84. The zero-order chi connectivity index (χ0) is 10.5. The minimum atomic E-state index is 0.565. The number of hydrogen-bond donors (Lipinski definition) is 1. The van der Waals surface area contributed by atoms with Crippen LogP contribution in [0.1, 0.15) is 24.9 Å². The second-order valence-corrected chi connectivity index (χ2v) is 3.99. The lowest BCUT2D eigenvalue weighted by atomic mass is 10.0. The molecule has 0 radical (unpaired) electrons. The van der Waals surface area contributed by atoms with Gasteiger partial charge in [0.05, 0.1) is 0 Å². The molecule has 82 valence electrons. The van der Waals surface area contributed by atoms with Crippen LogP contribution in [0.3, 0.4) is 0 Å². The Bertz CT molecular complexity index is 280. The second kappa shape index (κ2) is 5.24. The van der Waals surface area contributed by atoms with E-state index in [9.17, 15) is 0 Å². The number of rotatable bonds is 3. The van der Waals surface area contributed by atoms with Gasteiger partial charge in [0, 0.05) is 44.6 Å². The normalized spacial score (nSPS) is 20.1. The Kier molecular flexibility index (Phi) is 3.69. The molecule has 1 N–H and O–H groups in total. The van der Waals surface area contributed by atoms with Crippen LogP contribution in [-0.2, 0) is 0 Å². The predicted molar refractivity (Wildman–Crippen MR) is 61.7 cm³/mol. The van der Waals surface area contributed by atoms with E-state index in [-0.39, 0.29) is 0 Å². The lowest BCUT2D eigenvalue weighted by Crippen LogP contribution is -2.45. The number of hydrogen-bond acceptors (Lipinski definition) is 3. The Morgan fingerprint density at radius 2 is 2.00 bits per heavy atom. The Hall–Kier alpha value is -0.930. The zero-order valence-corrected chi connectivity index (χ0v) is 9.32. The maximum atomic E-state index is 4.08. The highest BCUT2D eigenvalue weighted by Crippen LogP contribution is 2.23. The topological polar surface area (TPSA) is 28.2 Å². The Morgan fingerprint density at radius 3 is 2.60 bits per heavy atom. The van der Waals surface area contributed by atoms with E-state index in [1.807, 2.05) is 12.4 Å². The van der Waals surface area contributed by atoms with Crippen LogP contribution in [0.5, 0.6) is 0 Å².